The summed E-state index contributed by atoms with van der Waals surface area (Å²) in [5, 5.41) is 24.1. The fraction of sp³-hybridized carbons (Fsp3) is 0.500. The standard InChI is InChI=1S/C21H33BN2O7.C7H8/c1-12(2)8-18(22(27)28)24-19(25)11-23-21(26)13-6-7-14-15(9-13)20(31-5)17(30-4)10-16(14)29-3;1-7-5-3-2-4-6-7/h10,12-13,18,27-28H,6-9,11H2,1-5H3,(H,23,26)(H,24,25);2-6H,1H3. The maximum Gasteiger partial charge on any atom is 0.475 e. The third-order valence-electron chi connectivity index (χ3n) is 6.43. The molecule has 0 radical (unpaired) electrons. The van der Waals surface area contributed by atoms with E-state index in [-0.39, 0.29) is 24.3 Å². The molecule has 208 valence electrons. The minimum Gasteiger partial charge on any atom is -0.496 e. The number of benzene rings is 2. The maximum atomic E-state index is 12.7. The van der Waals surface area contributed by atoms with Gasteiger partial charge >= 0.3 is 7.12 Å². The number of ether oxygens (including phenoxy) is 3. The second kappa shape index (κ2) is 15.2. The molecule has 2 aromatic carbocycles. The van der Waals surface area contributed by atoms with Crippen LogP contribution in [-0.2, 0) is 22.4 Å². The fourth-order valence-corrected chi connectivity index (χ4v) is 4.51. The molecule has 0 aliphatic heterocycles. The molecule has 9 nitrogen and oxygen atoms in total. The lowest BCUT2D eigenvalue weighted by atomic mass is 9.75. The molecule has 0 saturated heterocycles. The summed E-state index contributed by atoms with van der Waals surface area (Å²) in [6.07, 6.45) is 2.10. The normalized spacial score (nSPS) is 14.8. The lowest BCUT2D eigenvalue weighted by Gasteiger charge is -2.28. The van der Waals surface area contributed by atoms with Crippen LogP contribution in [0.3, 0.4) is 0 Å². The molecule has 0 saturated carbocycles. The minimum atomic E-state index is -1.66. The number of hydrogen-bond acceptors (Lipinski definition) is 7. The summed E-state index contributed by atoms with van der Waals surface area (Å²) < 4.78 is 16.4. The topological polar surface area (TPSA) is 126 Å². The van der Waals surface area contributed by atoms with Gasteiger partial charge in [-0.3, -0.25) is 9.59 Å². The van der Waals surface area contributed by atoms with Crippen molar-refractivity contribution >= 4 is 18.9 Å². The summed E-state index contributed by atoms with van der Waals surface area (Å²) in [5.41, 5.74) is 3.19. The van der Waals surface area contributed by atoms with Crippen LogP contribution in [0.1, 0.15) is 43.4 Å². The maximum absolute atomic E-state index is 12.7. The highest BCUT2D eigenvalue weighted by Crippen LogP contribution is 2.44. The zero-order valence-electron chi connectivity index (χ0n) is 23.2. The molecular formula is C28H41BN2O7. The van der Waals surface area contributed by atoms with Gasteiger partial charge in [0.25, 0.3) is 0 Å². The summed E-state index contributed by atoms with van der Waals surface area (Å²) >= 11 is 0. The number of nitrogens with one attached hydrogen (secondary N) is 2. The van der Waals surface area contributed by atoms with Crippen molar-refractivity contribution in [2.24, 2.45) is 11.8 Å². The number of amides is 2. The van der Waals surface area contributed by atoms with Gasteiger partial charge in [0.2, 0.25) is 11.8 Å². The van der Waals surface area contributed by atoms with E-state index in [1.54, 1.807) is 27.4 Å². The van der Waals surface area contributed by atoms with Crippen LogP contribution < -0.4 is 24.8 Å². The first kappa shape index (κ1) is 31.0. The molecule has 2 unspecified atom stereocenters. The quantitative estimate of drug-likeness (QED) is 0.349. The van der Waals surface area contributed by atoms with Crippen molar-refractivity contribution in [1.82, 2.24) is 10.6 Å². The third-order valence-corrected chi connectivity index (χ3v) is 6.43. The molecule has 2 amide bonds. The summed E-state index contributed by atoms with van der Waals surface area (Å²) in [6, 6.07) is 12.0. The van der Waals surface area contributed by atoms with E-state index in [1.165, 1.54) is 5.56 Å². The van der Waals surface area contributed by atoms with E-state index in [4.69, 9.17) is 14.2 Å². The molecule has 0 fully saturated rings. The van der Waals surface area contributed by atoms with E-state index in [0.29, 0.717) is 42.9 Å². The van der Waals surface area contributed by atoms with Gasteiger partial charge in [-0.05, 0) is 38.5 Å². The number of methoxy groups -OCH3 is 3. The third kappa shape index (κ3) is 8.95. The van der Waals surface area contributed by atoms with Crippen molar-refractivity contribution < 1.29 is 33.8 Å². The van der Waals surface area contributed by atoms with E-state index >= 15 is 0 Å². The molecule has 0 aromatic heterocycles. The Morgan fingerprint density at radius 1 is 1.03 bits per heavy atom. The van der Waals surface area contributed by atoms with Crippen LogP contribution in [0.2, 0.25) is 0 Å². The molecule has 0 spiro atoms. The molecular weight excluding hydrogens is 487 g/mol. The molecule has 0 heterocycles. The Labute approximate surface area is 226 Å². The average molecular weight is 528 g/mol. The lowest BCUT2D eigenvalue weighted by molar-refractivity contribution is -0.129. The predicted octanol–water partition coefficient (Wildman–Crippen LogP) is 2.47. The van der Waals surface area contributed by atoms with Crippen molar-refractivity contribution in [2.75, 3.05) is 27.9 Å². The minimum absolute atomic E-state index is 0.174. The van der Waals surface area contributed by atoms with Gasteiger partial charge in [0.15, 0.2) is 11.5 Å². The lowest BCUT2D eigenvalue weighted by Crippen LogP contribution is -2.50. The largest absolute Gasteiger partial charge is 0.496 e. The SMILES string of the molecule is COc1cc(OC)c(OC)c2c1CCC(C(=O)NCC(=O)NC(CC(C)C)B(O)O)C2.Cc1ccccc1. The number of carbonyl (C=O) groups excluding carboxylic acids is 2. The molecule has 1 aliphatic rings. The van der Waals surface area contributed by atoms with E-state index in [9.17, 15) is 19.6 Å². The highest BCUT2D eigenvalue weighted by atomic mass is 16.5. The van der Waals surface area contributed by atoms with E-state index < -0.39 is 19.0 Å². The summed E-state index contributed by atoms with van der Waals surface area (Å²) in [6.45, 7) is 5.69. The Morgan fingerprint density at radius 2 is 1.68 bits per heavy atom. The first-order valence-electron chi connectivity index (χ1n) is 12.9. The smallest absolute Gasteiger partial charge is 0.475 e. The van der Waals surface area contributed by atoms with Crippen LogP contribution in [0.5, 0.6) is 17.2 Å². The molecule has 0 bridgehead atoms. The van der Waals surface area contributed by atoms with Crippen LogP contribution in [0.4, 0.5) is 0 Å². The zero-order chi connectivity index (χ0) is 28.2. The van der Waals surface area contributed by atoms with E-state index in [1.807, 2.05) is 32.0 Å². The Hall–Kier alpha value is -3.24. The van der Waals surface area contributed by atoms with Gasteiger partial charge in [0.05, 0.1) is 33.8 Å². The number of fused-ring (bicyclic) bond motifs is 1. The van der Waals surface area contributed by atoms with Crippen LogP contribution in [0.25, 0.3) is 0 Å². The summed E-state index contributed by atoms with van der Waals surface area (Å²) in [4.78, 5) is 24.9. The monoisotopic (exact) mass is 528 g/mol. The van der Waals surface area contributed by atoms with Gasteiger partial charge in [0, 0.05) is 23.1 Å². The van der Waals surface area contributed by atoms with Crippen molar-refractivity contribution in [3.63, 3.8) is 0 Å². The van der Waals surface area contributed by atoms with Crippen LogP contribution in [0, 0.1) is 18.8 Å². The van der Waals surface area contributed by atoms with Crippen LogP contribution in [-0.4, -0.2) is 62.8 Å². The number of hydrogen-bond donors (Lipinski definition) is 4. The zero-order valence-corrected chi connectivity index (χ0v) is 23.2. The summed E-state index contributed by atoms with van der Waals surface area (Å²) in [7, 11) is 3.04. The summed E-state index contributed by atoms with van der Waals surface area (Å²) in [5.74, 6) is 0.173. The van der Waals surface area contributed by atoms with Crippen molar-refractivity contribution in [1.29, 1.82) is 0 Å². The van der Waals surface area contributed by atoms with Crippen molar-refractivity contribution in [2.45, 2.75) is 52.4 Å². The predicted molar refractivity (Wildman–Crippen MR) is 147 cm³/mol. The highest BCUT2D eigenvalue weighted by molar-refractivity contribution is 6.43. The van der Waals surface area contributed by atoms with Crippen LogP contribution >= 0.6 is 0 Å². The Kier molecular flexibility index (Phi) is 12.4. The molecule has 3 rings (SSSR count). The average Bonchev–Trinajstić information content (AvgIpc) is 2.90. The van der Waals surface area contributed by atoms with Crippen molar-refractivity contribution in [3.05, 3.63) is 53.1 Å². The fourth-order valence-electron chi connectivity index (χ4n) is 4.51. The van der Waals surface area contributed by atoms with Gasteiger partial charge in [-0.15, -0.1) is 0 Å². The Morgan fingerprint density at radius 3 is 2.18 bits per heavy atom. The highest BCUT2D eigenvalue weighted by Gasteiger charge is 2.31. The first-order chi connectivity index (χ1) is 18.1. The van der Waals surface area contributed by atoms with Gasteiger partial charge in [-0.25, -0.2) is 0 Å². The van der Waals surface area contributed by atoms with E-state index in [0.717, 1.165) is 11.1 Å². The molecule has 38 heavy (non-hydrogen) atoms. The second-order valence-corrected chi connectivity index (χ2v) is 9.80. The molecule has 2 aromatic rings. The second-order valence-electron chi connectivity index (χ2n) is 9.80. The Bertz CT molecular complexity index is 1020. The Balaban J connectivity index is 0.000000624. The molecule has 4 N–H and O–H groups in total. The first-order valence-corrected chi connectivity index (χ1v) is 12.9. The number of carbonyl (C=O) groups is 2. The van der Waals surface area contributed by atoms with Gasteiger partial charge in [0.1, 0.15) is 5.75 Å². The molecule has 2 atom stereocenters. The van der Waals surface area contributed by atoms with Gasteiger partial charge < -0.3 is 34.9 Å². The molecule has 10 heteroatoms. The van der Waals surface area contributed by atoms with Gasteiger partial charge in [-0.2, -0.15) is 0 Å². The van der Waals surface area contributed by atoms with Crippen molar-refractivity contribution in [3.8, 4) is 17.2 Å². The number of rotatable bonds is 10. The van der Waals surface area contributed by atoms with Crippen LogP contribution in [0.15, 0.2) is 36.4 Å². The number of aryl methyl sites for hydroxylation is 1. The van der Waals surface area contributed by atoms with E-state index in [2.05, 4.69) is 29.7 Å². The van der Waals surface area contributed by atoms with Gasteiger partial charge in [-0.1, -0.05) is 49.7 Å². The molecule has 1 aliphatic carbocycles.